The molecule has 0 aliphatic rings. The molecule has 9 nitrogen and oxygen atoms in total. The number of hydrogen-bond donors (Lipinski definition) is 2. The van der Waals surface area contributed by atoms with Crippen LogP contribution in [-0.4, -0.2) is 46.8 Å². The van der Waals surface area contributed by atoms with Crippen LogP contribution < -0.4 is 10.9 Å². The Kier molecular flexibility index (Phi) is 8.18. The number of esters is 2. The van der Waals surface area contributed by atoms with Crippen LogP contribution in [0.4, 0.5) is 5.00 Å². The van der Waals surface area contributed by atoms with E-state index >= 15 is 0 Å². The molecule has 0 aliphatic carbocycles. The first-order chi connectivity index (χ1) is 14.2. The monoisotopic (exact) mass is 453 g/mol. The van der Waals surface area contributed by atoms with E-state index in [0.29, 0.717) is 22.0 Å². The zero-order valence-electron chi connectivity index (χ0n) is 17.3. The average molecular weight is 454 g/mol. The van der Waals surface area contributed by atoms with Crippen LogP contribution in [0, 0.1) is 20.8 Å². The maximum atomic E-state index is 12.5. The van der Waals surface area contributed by atoms with E-state index in [9.17, 15) is 19.2 Å². The second-order valence-corrected chi connectivity index (χ2v) is 8.10. The first-order valence-corrected chi connectivity index (χ1v) is 11.0. The fourth-order valence-corrected chi connectivity index (χ4v) is 4.24. The number of carbonyl (C=O) groups is 3. The van der Waals surface area contributed by atoms with Crippen LogP contribution in [0.5, 0.6) is 0 Å². The number of hydrogen-bond acceptors (Lipinski definition) is 9. The number of H-pyrrole nitrogens is 1. The molecule has 2 heterocycles. The Morgan fingerprint density at radius 1 is 1.07 bits per heavy atom. The molecule has 162 valence electrons. The van der Waals surface area contributed by atoms with Crippen molar-refractivity contribution in [2.75, 3.05) is 24.3 Å². The molecule has 0 spiro atoms. The standard InChI is InChI=1S/C19H23N3O6S2/c1-6-27-17(25)13-10(4)14(18(26)28-7-2)30-16(13)21-12(23)8-29-19-20-11(5)9(3)15(24)22-19/h6-8H2,1-5H3,(H,21,23)(H,20,22,24). The molecule has 0 saturated carbocycles. The van der Waals surface area contributed by atoms with Gasteiger partial charge in [0.1, 0.15) is 9.88 Å². The molecule has 0 aliphatic heterocycles. The molecule has 0 aromatic carbocycles. The summed E-state index contributed by atoms with van der Waals surface area (Å²) in [6.45, 7) is 8.66. The predicted molar refractivity (Wildman–Crippen MR) is 115 cm³/mol. The van der Waals surface area contributed by atoms with E-state index in [1.807, 2.05) is 0 Å². The van der Waals surface area contributed by atoms with Gasteiger partial charge in [0.2, 0.25) is 5.91 Å². The van der Waals surface area contributed by atoms with Crippen LogP contribution in [0.3, 0.4) is 0 Å². The number of thiophene rings is 1. The normalized spacial score (nSPS) is 10.6. The summed E-state index contributed by atoms with van der Waals surface area (Å²) >= 11 is 2.01. The summed E-state index contributed by atoms with van der Waals surface area (Å²) in [5.41, 5.74) is 1.35. The maximum absolute atomic E-state index is 12.5. The third-order valence-electron chi connectivity index (χ3n) is 4.05. The number of amides is 1. The van der Waals surface area contributed by atoms with Crippen molar-refractivity contribution in [3.05, 3.63) is 37.6 Å². The molecule has 30 heavy (non-hydrogen) atoms. The third-order valence-corrected chi connectivity index (χ3v) is 6.11. The zero-order chi connectivity index (χ0) is 22.4. The van der Waals surface area contributed by atoms with Crippen LogP contribution in [0.2, 0.25) is 0 Å². The summed E-state index contributed by atoms with van der Waals surface area (Å²) in [5.74, 6) is -1.69. The highest BCUT2D eigenvalue weighted by atomic mass is 32.2. The van der Waals surface area contributed by atoms with Crippen molar-refractivity contribution in [3.63, 3.8) is 0 Å². The number of ether oxygens (including phenoxy) is 2. The number of anilines is 1. The van der Waals surface area contributed by atoms with Gasteiger partial charge in [-0.05, 0) is 40.2 Å². The van der Waals surface area contributed by atoms with Gasteiger partial charge < -0.3 is 19.8 Å². The molecule has 0 atom stereocenters. The van der Waals surface area contributed by atoms with E-state index < -0.39 is 17.8 Å². The lowest BCUT2D eigenvalue weighted by Crippen LogP contribution is -2.18. The van der Waals surface area contributed by atoms with E-state index in [4.69, 9.17) is 9.47 Å². The Morgan fingerprint density at radius 3 is 2.30 bits per heavy atom. The van der Waals surface area contributed by atoms with Gasteiger partial charge in [0.15, 0.2) is 5.16 Å². The number of aryl methyl sites for hydroxylation is 1. The number of nitrogens with one attached hydrogen (secondary N) is 2. The first-order valence-electron chi connectivity index (χ1n) is 9.17. The lowest BCUT2D eigenvalue weighted by Gasteiger charge is -2.07. The number of thioether (sulfide) groups is 1. The largest absolute Gasteiger partial charge is 0.462 e. The van der Waals surface area contributed by atoms with Crippen molar-refractivity contribution in [1.29, 1.82) is 0 Å². The fourth-order valence-electron chi connectivity index (χ4n) is 2.43. The van der Waals surface area contributed by atoms with Crippen LogP contribution in [0.25, 0.3) is 0 Å². The van der Waals surface area contributed by atoms with Gasteiger partial charge >= 0.3 is 11.9 Å². The molecule has 2 aromatic heterocycles. The van der Waals surface area contributed by atoms with Crippen LogP contribution >= 0.6 is 23.1 Å². The molecule has 0 radical (unpaired) electrons. The zero-order valence-corrected chi connectivity index (χ0v) is 19.0. The lowest BCUT2D eigenvalue weighted by atomic mass is 10.1. The summed E-state index contributed by atoms with van der Waals surface area (Å²) in [4.78, 5) is 55.9. The molecular weight excluding hydrogens is 430 g/mol. The van der Waals surface area contributed by atoms with Gasteiger partial charge in [0.05, 0.1) is 24.5 Å². The smallest absolute Gasteiger partial charge is 0.348 e. The minimum Gasteiger partial charge on any atom is -0.462 e. The summed E-state index contributed by atoms with van der Waals surface area (Å²) < 4.78 is 10.1. The summed E-state index contributed by atoms with van der Waals surface area (Å²) in [6.07, 6.45) is 0. The Balaban J connectivity index is 2.22. The quantitative estimate of drug-likeness (QED) is 0.355. The minimum absolute atomic E-state index is 0.0562. The number of nitrogens with zero attached hydrogens (tertiary/aromatic N) is 1. The van der Waals surface area contributed by atoms with Crippen molar-refractivity contribution in [3.8, 4) is 0 Å². The summed E-state index contributed by atoms with van der Waals surface area (Å²) in [6, 6.07) is 0. The van der Waals surface area contributed by atoms with E-state index in [1.54, 1.807) is 34.6 Å². The average Bonchev–Trinajstić information content (AvgIpc) is 3.00. The van der Waals surface area contributed by atoms with Gasteiger partial charge in [0.25, 0.3) is 5.56 Å². The highest BCUT2D eigenvalue weighted by molar-refractivity contribution is 7.99. The van der Waals surface area contributed by atoms with E-state index in [0.717, 1.165) is 23.1 Å². The highest BCUT2D eigenvalue weighted by Gasteiger charge is 2.27. The van der Waals surface area contributed by atoms with Crippen molar-refractivity contribution < 1.29 is 23.9 Å². The van der Waals surface area contributed by atoms with Crippen molar-refractivity contribution in [2.24, 2.45) is 0 Å². The predicted octanol–water partition coefficient (Wildman–Crippen LogP) is 2.84. The Bertz CT molecular complexity index is 1030. The Morgan fingerprint density at radius 2 is 1.70 bits per heavy atom. The molecule has 0 fully saturated rings. The second-order valence-electron chi connectivity index (χ2n) is 6.12. The van der Waals surface area contributed by atoms with Crippen molar-refractivity contribution in [1.82, 2.24) is 9.97 Å². The number of aromatic amines is 1. The molecule has 2 rings (SSSR count). The van der Waals surface area contributed by atoms with Gasteiger partial charge in [-0.25, -0.2) is 14.6 Å². The SMILES string of the molecule is CCOC(=O)c1sc(NC(=O)CSc2nc(C)c(C)c(=O)[nH]2)c(C(=O)OCC)c1C. The molecule has 2 N–H and O–H groups in total. The molecule has 0 unspecified atom stereocenters. The first kappa shape index (κ1) is 23.6. The Labute approximate surface area is 181 Å². The molecular formula is C19H23N3O6S2. The molecule has 0 saturated heterocycles. The van der Waals surface area contributed by atoms with Crippen LogP contribution in [-0.2, 0) is 14.3 Å². The van der Waals surface area contributed by atoms with Gasteiger partial charge in [-0.1, -0.05) is 11.8 Å². The van der Waals surface area contributed by atoms with Gasteiger partial charge in [0, 0.05) is 11.3 Å². The van der Waals surface area contributed by atoms with Gasteiger partial charge in [-0.3, -0.25) is 9.59 Å². The maximum Gasteiger partial charge on any atom is 0.348 e. The van der Waals surface area contributed by atoms with E-state index in [2.05, 4.69) is 15.3 Å². The number of carbonyl (C=O) groups excluding carboxylic acids is 3. The van der Waals surface area contributed by atoms with Gasteiger partial charge in [-0.2, -0.15) is 0 Å². The van der Waals surface area contributed by atoms with Crippen molar-refractivity contribution in [2.45, 2.75) is 39.8 Å². The highest BCUT2D eigenvalue weighted by Crippen LogP contribution is 2.34. The lowest BCUT2D eigenvalue weighted by molar-refractivity contribution is -0.113. The minimum atomic E-state index is -0.634. The van der Waals surface area contributed by atoms with Gasteiger partial charge in [-0.15, -0.1) is 11.3 Å². The van der Waals surface area contributed by atoms with Crippen LogP contribution in [0.1, 0.15) is 50.7 Å². The van der Waals surface area contributed by atoms with Crippen LogP contribution in [0.15, 0.2) is 9.95 Å². The summed E-state index contributed by atoms with van der Waals surface area (Å²) in [7, 11) is 0. The van der Waals surface area contributed by atoms with E-state index in [1.165, 1.54) is 0 Å². The topological polar surface area (TPSA) is 127 Å². The van der Waals surface area contributed by atoms with Crippen molar-refractivity contribution >= 4 is 45.9 Å². The molecule has 11 heteroatoms. The summed E-state index contributed by atoms with van der Waals surface area (Å²) in [5, 5.41) is 3.18. The fraction of sp³-hybridized carbons (Fsp3) is 0.421. The molecule has 0 bridgehead atoms. The third kappa shape index (κ3) is 5.48. The molecule has 2 aromatic rings. The number of rotatable bonds is 8. The second kappa shape index (κ2) is 10.4. The van der Waals surface area contributed by atoms with E-state index in [-0.39, 0.29) is 40.0 Å². The molecule has 1 amide bonds. The number of aromatic nitrogens is 2. The Hall–Kier alpha value is -2.66.